The Morgan fingerprint density at radius 1 is 1.20 bits per heavy atom. The van der Waals surface area contributed by atoms with Crippen molar-refractivity contribution in [2.75, 3.05) is 11.9 Å². The smallest absolute Gasteiger partial charge is 0.411 e. The summed E-state index contributed by atoms with van der Waals surface area (Å²) in [5.74, 6) is -1.17. The molecule has 1 fully saturated rings. The van der Waals surface area contributed by atoms with Crippen LogP contribution in [0, 0.1) is 0 Å². The Kier molecular flexibility index (Phi) is 5.86. The molecule has 0 spiro atoms. The molecular formula is C20H26N4O6. The van der Waals surface area contributed by atoms with Gasteiger partial charge in [0.2, 0.25) is 0 Å². The molecule has 1 saturated heterocycles. The number of carbonyl (C=O) groups excluding carboxylic acids is 3. The van der Waals surface area contributed by atoms with Crippen molar-refractivity contribution in [1.82, 2.24) is 14.9 Å². The maximum atomic E-state index is 12.6. The van der Waals surface area contributed by atoms with Crippen LogP contribution >= 0.6 is 0 Å². The number of aromatic amines is 2. The van der Waals surface area contributed by atoms with Gasteiger partial charge < -0.3 is 24.8 Å². The second-order valence-corrected chi connectivity index (χ2v) is 8.24. The average molecular weight is 418 g/mol. The summed E-state index contributed by atoms with van der Waals surface area (Å²) in [5, 5.41) is 2.65. The van der Waals surface area contributed by atoms with Gasteiger partial charge in [0.05, 0.1) is 11.0 Å². The summed E-state index contributed by atoms with van der Waals surface area (Å²) in [5.41, 5.74) is 0.581. The highest BCUT2D eigenvalue weighted by atomic mass is 16.6. The van der Waals surface area contributed by atoms with Crippen molar-refractivity contribution < 1.29 is 23.9 Å². The third-order valence-corrected chi connectivity index (χ3v) is 4.60. The van der Waals surface area contributed by atoms with Crippen LogP contribution in [-0.4, -0.2) is 57.1 Å². The van der Waals surface area contributed by atoms with E-state index in [1.165, 1.54) is 11.8 Å². The molecule has 10 nitrogen and oxygen atoms in total. The number of benzene rings is 1. The van der Waals surface area contributed by atoms with Crippen LogP contribution in [0.4, 0.5) is 10.5 Å². The van der Waals surface area contributed by atoms with E-state index in [-0.39, 0.29) is 5.69 Å². The predicted octanol–water partition coefficient (Wildman–Crippen LogP) is 2.13. The van der Waals surface area contributed by atoms with Crippen LogP contribution in [0.2, 0.25) is 0 Å². The zero-order valence-corrected chi connectivity index (χ0v) is 17.4. The number of hydrogen-bond acceptors (Lipinski definition) is 6. The van der Waals surface area contributed by atoms with Gasteiger partial charge in [0.25, 0.3) is 5.91 Å². The summed E-state index contributed by atoms with van der Waals surface area (Å²) in [6.45, 7) is 7.10. The molecule has 162 valence electrons. The lowest BCUT2D eigenvalue weighted by molar-refractivity contribution is -0.157. The molecule has 10 heteroatoms. The lowest BCUT2D eigenvalue weighted by atomic mass is 10.2. The van der Waals surface area contributed by atoms with E-state index in [4.69, 9.17) is 9.47 Å². The molecule has 3 rings (SSSR count). The third kappa shape index (κ3) is 5.00. The van der Waals surface area contributed by atoms with Gasteiger partial charge in [0, 0.05) is 12.2 Å². The predicted molar refractivity (Wildman–Crippen MR) is 109 cm³/mol. The summed E-state index contributed by atoms with van der Waals surface area (Å²) >= 11 is 0. The lowest BCUT2D eigenvalue weighted by Gasteiger charge is -2.28. The van der Waals surface area contributed by atoms with E-state index in [0.717, 1.165) is 0 Å². The minimum Gasteiger partial charge on any atom is -0.451 e. The Morgan fingerprint density at radius 2 is 1.90 bits per heavy atom. The fourth-order valence-electron chi connectivity index (χ4n) is 3.21. The normalized spacial score (nSPS) is 17.6. The van der Waals surface area contributed by atoms with Gasteiger partial charge in [-0.25, -0.2) is 14.4 Å². The molecule has 1 aromatic heterocycles. The number of esters is 1. The van der Waals surface area contributed by atoms with Gasteiger partial charge in [-0.1, -0.05) is 0 Å². The number of H-pyrrole nitrogens is 2. The number of nitrogens with zero attached hydrogens (tertiary/aromatic N) is 1. The van der Waals surface area contributed by atoms with Crippen LogP contribution < -0.4 is 11.0 Å². The van der Waals surface area contributed by atoms with Crippen molar-refractivity contribution in [2.45, 2.75) is 58.3 Å². The third-order valence-electron chi connectivity index (χ3n) is 4.60. The first-order valence-electron chi connectivity index (χ1n) is 9.76. The molecule has 3 N–H and O–H groups in total. The van der Waals surface area contributed by atoms with E-state index in [2.05, 4.69) is 15.3 Å². The Labute approximate surface area is 172 Å². The molecule has 1 aromatic carbocycles. The van der Waals surface area contributed by atoms with Crippen molar-refractivity contribution in [3.63, 3.8) is 0 Å². The number of rotatable bonds is 4. The number of likely N-dealkylation sites (tertiary alicyclic amines) is 1. The van der Waals surface area contributed by atoms with Crippen molar-refractivity contribution >= 4 is 34.7 Å². The molecule has 30 heavy (non-hydrogen) atoms. The SMILES string of the molecule is C[C@@H](OC(=O)[C@@H]1CCCN1C(=O)OC(C)(C)C)C(=O)Nc1ccc2[nH]c(=O)[nH]c2c1. The Bertz CT molecular complexity index is 1020. The van der Waals surface area contributed by atoms with Crippen LogP contribution in [0.3, 0.4) is 0 Å². The van der Waals surface area contributed by atoms with Gasteiger partial charge in [-0.15, -0.1) is 0 Å². The molecule has 2 heterocycles. The van der Waals surface area contributed by atoms with Crippen LogP contribution in [0.15, 0.2) is 23.0 Å². The molecule has 2 amide bonds. The molecule has 2 aromatic rings. The topological polar surface area (TPSA) is 134 Å². The first-order chi connectivity index (χ1) is 14.0. The second-order valence-electron chi connectivity index (χ2n) is 8.24. The minimum absolute atomic E-state index is 0.345. The number of nitrogens with one attached hydrogen (secondary N) is 3. The van der Waals surface area contributed by atoms with Crippen molar-refractivity contribution in [3.05, 3.63) is 28.7 Å². The summed E-state index contributed by atoms with van der Waals surface area (Å²) in [7, 11) is 0. The van der Waals surface area contributed by atoms with Gasteiger partial charge in [0.15, 0.2) is 6.10 Å². The van der Waals surface area contributed by atoms with Crippen LogP contribution in [0.25, 0.3) is 11.0 Å². The largest absolute Gasteiger partial charge is 0.451 e. The zero-order valence-electron chi connectivity index (χ0n) is 17.4. The van der Waals surface area contributed by atoms with Crippen LogP contribution in [0.1, 0.15) is 40.5 Å². The number of fused-ring (bicyclic) bond motifs is 1. The summed E-state index contributed by atoms with van der Waals surface area (Å²) in [6.07, 6.45) is -0.550. The lowest BCUT2D eigenvalue weighted by Crippen LogP contribution is -2.45. The highest BCUT2D eigenvalue weighted by Gasteiger charge is 2.38. The average Bonchev–Trinajstić information content (AvgIpc) is 3.25. The first kappa shape index (κ1) is 21.4. The van der Waals surface area contributed by atoms with Crippen LogP contribution in [0.5, 0.6) is 0 Å². The van der Waals surface area contributed by atoms with Crippen molar-refractivity contribution in [2.24, 2.45) is 0 Å². The molecule has 2 atom stereocenters. The van der Waals surface area contributed by atoms with E-state index >= 15 is 0 Å². The quantitative estimate of drug-likeness (QED) is 0.651. The van der Waals surface area contributed by atoms with Crippen molar-refractivity contribution in [3.8, 4) is 0 Å². The van der Waals surface area contributed by atoms with Crippen molar-refractivity contribution in [1.29, 1.82) is 0 Å². The summed E-state index contributed by atoms with van der Waals surface area (Å²) < 4.78 is 10.6. The Morgan fingerprint density at radius 3 is 2.60 bits per heavy atom. The van der Waals surface area contributed by atoms with E-state index < -0.39 is 35.7 Å². The van der Waals surface area contributed by atoms with Gasteiger partial charge in [-0.2, -0.15) is 0 Å². The monoisotopic (exact) mass is 418 g/mol. The molecular weight excluding hydrogens is 392 g/mol. The van der Waals surface area contributed by atoms with E-state index in [1.54, 1.807) is 39.0 Å². The molecule has 0 unspecified atom stereocenters. The Balaban J connectivity index is 1.60. The molecule has 0 aliphatic carbocycles. The zero-order chi connectivity index (χ0) is 22.1. The molecule has 1 aliphatic heterocycles. The van der Waals surface area contributed by atoms with Gasteiger partial charge in [-0.3, -0.25) is 9.69 Å². The Hall–Kier alpha value is -3.30. The van der Waals surface area contributed by atoms with Gasteiger partial charge >= 0.3 is 17.8 Å². The van der Waals surface area contributed by atoms with Gasteiger partial charge in [0.1, 0.15) is 11.6 Å². The highest BCUT2D eigenvalue weighted by Crippen LogP contribution is 2.22. The molecule has 0 bridgehead atoms. The maximum Gasteiger partial charge on any atom is 0.411 e. The minimum atomic E-state index is -1.07. The molecule has 0 radical (unpaired) electrons. The number of imidazole rings is 1. The van der Waals surface area contributed by atoms with E-state index in [0.29, 0.717) is 36.1 Å². The summed E-state index contributed by atoms with van der Waals surface area (Å²) in [4.78, 5) is 55.2. The maximum absolute atomic E-state index is 12.6. The fourth-order valence-corrected chi connectivity index (χ4v) is 3.21. The van der Waals surface area contributed by atoms with E-state index in [1.807, 2.05) is 0 Å². The number of carbonyl (C=O) groups is 3. The second kappa shape index (κ2) is 8.21. The molecule has 1 aliphatic rings. The van der Waals surface area contributed by atoms with E-state index in [9.17, 15) is 19.2 Å². The van der Waals surface area contributed by atoms with Gasteiger partial charge in [-0.05, 0) is 58.7 Å². The first-order valence-corrected chi connectivity index (χ1v) is 9.76. The fraction of sp³-hybridized carbons (Fsp3) is 0.500. The number of hydrogen-bond donors (Lipinski definition) is 3. The van der Waals surface area contributed by atoms with Crippen LogP contribution in [-0.2, 0) is 19.1 Å². The number of aromatic nitrogens is 2. The number of ether oxygens (including phenoxy) is 2. The number of anilines is 1. The highest BCUT2D eigenvalue weighted by molar-refractivity contribution is 5.97. The molecule has 0 saturated carbocycles. The number of amides is 2. The summed E-state index contributed by atoms with van der Waals surface area (Å²) in [6, 6.07) is 4.09. The standard InChI is InChI=1S/C20H26N4O6/c1-11(16(25)21-12-7-8-13-14(10-12)23-18(27)22-13)29-17(26)15-6-5-9-24(15)19(28)30-20(2,3)4/h7-8,10-11,15H,5-6,9H2,1-4H3,(H,21,25)(H2,22,23,27)/t11-,15+/m1/s1.